The average molecular weight is 669 g/mol. The van der Waals surface area contributed by atoms with Crippen molar-refractivity contribution in [2.24, 2.45) is 0 Å². The first kappa shape index (κ1) is 38.6. The summed E-state index contributed by atoms with van der Waals surface area (Å²) in [6, 6.07) is 3.26. The zero-order valence-electron chi connectivity index (χ0n) is 24.3. The van der Waals surface area contributed by atoms with Gasteiger partial charge in [0.1, 0.15) is 13.2 Å². The van der Waals surface area contributed by atoms with Crippen LogP contribution in [0, 0.1) is 0 Å². The third-order valence-corrected chi connectivity index (χ3v) is 6.32. The first-order valence-corrected chi connectivity index (χ1v) is 13.0. The fourth-order valence-corrected chi connectivity index (χ4v) is 3.86. The standard InChI is InChI=1S/C27H48N4O5.2BrH/c1-23(32)35-22-21-30(4,5)19-14-12-10-8-9-11-13-15-20-31(6,7)26(33)25-24(17-16-18-28-25)36-27(34)29(2)3;;/h16-18H,8-15,19-22H2,1-7H3;2*1H/q+2;;/p-2. The van der Waals surface area contributed by atoms with Gasteiger partial charge in [0.2, 0.25) is 5.69 Å². The molecule has 1 aromatic rings. The minimum atomic E-state index is -0.538. The molecule has 1 rings (SSSR count). The highest BCUT2D eigenvalue weighted by Gasteiger charge is 2.32. The fraction of sp³-hybridized carbons (Fsp3) is 0.704. The Morgan fingerprint density at radius 1 is 0.842 bits per heavy atom. The molecule has 38 heavy (non-hydrogen) atoms. The van der Waals surface area contributed by atoms with E-state index in [0.29, 0.717) is 13.2 Å². The number of rotatable bonds is 16. The van der Waals surface area contributed by atoms with Gasteiger partial charge in [0.05, 0.1) is 41.3 Å². The van der Waals surface area contributed by atoms with Gasteiger partial charge >= 0.3 is 18.0 Å². The van der Waals surface area contributed by atoms with Crippen molar-refractivity contribution in [2.75, 3.05) is 68.5 Å². The lowest BCUT2D eigenvalue weighted by Gasteiger charge is -2.29. The Bertz CT molecular complexity index is 851. The number of ether oxygens (including phenoxy) is 2. The molecule has 0 saturated carbocycles. The Labute approximate surface area is 250 Å². The summed E-state index contributed by atoms with van der Waals surface area (Å²) in [7, 11) is 11.3. The molecule has 0 aliphatic carbocycles. The number of hydrogen-bond acceptors (Lipinski definition) is 6. The maximum Gasteiger partial charge on any atom is 0.414 e. The van der Waals surface area contributed by atoms with Crippen molar-refractivity contribution in [2.45, 2.75) is 58.3 Å². The maximum absolute atomic E-state index is 13.1. The first-order valence-electron chi connectivity index (χ1n) is 13.0. The van der Waals surface area contributed by atoms with Crippen molar-refractivity contribution in [1.29, 1.82) is 0 Å². The fourth-order valence-electron chi connectivity index (χ4n) is 3.86. The van der Waals surface area contributed by atoms with E-state index in [-0.39, 0.29) is 61.8 Å². The minimum absolute atomic E-state index is 0. The van der Waals surface area contributed by atoms with Crippen LogP contribution in [0.4, 0.5) is 4.79 Å². The number of amides is 2. The first-order chi connectivity index (χ1) is 16.9. The lowest BCUT2D eigenvalue weighted by molar-refractivity contribution is -0.890. The second-order valence-corrected chi connectivity index (χ2v) is 10.9. The van der Waals surface area contributed by atoms with Gasteiger partial charge in [0.25, 0.3) is 0 Å². The van der Waals surface area contributed by atoms with Crippen LogP contribution in [0.25, 0.3) is 0 Å². The van der Waals surface area contributed by atoms with E-state index in [2.05, 4.69) is 19.1 Å². The van der Waals surface area contributed by atoms with Gasteiger partial charge in [-0.1, -0.05) is 25.7 Å². The molecule has 2 amide bonds. The van der Waals surface area contributed by atoms with Crippen LogP contribution in [0.3, 0.4) is 0 Å². The molecule has 0 aliphatic rings. The third kappa shape index (κ3) is 15.8. The summed E-state index contributed by atoms with van der Waals surface area (Å²) in [6.45, 7) is 4.58. The Hall–Kier alpha value is -1.56. The van der Waals surface area contributed by atoms with Gasteiger partial charge < -0.3 is 52.8 Å². The molecule has 1 heterocycles. The lowest BCUT2D eigenvalue weighted by atomic mass is 10.1. The number of esters is 1. The van der Waals surface area contributed by atoms with E-state index in [0.717, 1.165) is 36.8 Å². The number of nitrogens with zero attached hydrogens (tertiary/aromatic N) is 4. The van der Waals surface area contributed by atoms with E-state index in [4.69, 9.17) is 9.47 Å². The van der Waals surface area contributed by atoms with E-state index in [1.54, 1.807) is 32.4 Å². The molecule has 0 unspecified atom stereocenters. The molecular weight excluding hydrogens is 620 g/mol. The van der Waals surface area contributed by atoms with Crippen LogP contribution in [0.5, 0.6) is 5.75 Å². The largest absolute Gasteiger partial charge is 1.00 e. The topological polar surface area (TPSA) is 85.8 Å². The monoisotopic (exact) mass is 666 g/mol. The van der Waals surface area contributed by atoms with Crippen molar-refractivity contribution < 1.29 is 66.8 Å². The van der Waals surface area contributed by atoms with E-state index in [1.807, 2.05) is 14.1 Å². The molecule has 220 valence electrons. The molecule has 11 heteroatoms. The quantitative estimate of drug-likeness (QED) is 0.117. The van der Waals surface area contributed by atoms with Crippen molar-refractivity contribution in [1.82, 2.24) is 9.88 Å². The summed E-state index contributed by atoms with van der Waals surface area (Å²) in [4.78, 5) is 41.5. The van der Waals surface area contributed by atoms with E-state index in [9.17, 15) is 14.4 Å². The third-order valence-electron chi connectivity index (χ3n) is 6.32. The van der Waals surface area contributed by atoms with Gasteiger partial charge in [-0.15, -0.1) is 0 Å². The number of pyridine rings is 1. The molecule has 0 spiro atoms. The predicted molar refractivity (Wildman–Crippen MR) is 141 cm³/mol. The molecule has 0 aromatic carbocycles. The summed E-state index contributed by atoms with van der Waals surface area (Å²) in [5.41, 5.74) is 0.186. The molecule has 0 atom stereocenters. The zero-order valence-corrected chi connectivity index (χ0v) is 27.5. The number of quaternary nitrogens is 2. The molecule has 0 saturated heterocycles. The van der Waals surface area contributed by atoms with Crippen LogP contribution in [-0.4, -0.2) is 105 Å². The summed E-state index contributed by atoms with van der Waals surface area (Å²) in [5, 5.41) is 0. The Kier molecular flexibility index (Phi) is 19.8. The van der Waals surface area contributed by atoms with Gasteiger partial charge in [-0.3, -0.25) is 9.28 Å². The van der Waals surface area contributed by atoms with E-state index in [1.165, 1.54) is 43.9 Å². The van der Waals surface area contributed by atoms with E-state index < -0.39 is 6.09 Å². The highest BCUT2D eigenvalue weighted by atomic mass is 79.9. The second kappa shape index (κ2) is 19.5. The molecular formula is C27H48Br2N4O5. The molecule has 0 aliphatic heterocycles. The van der Waals surface area contributed by atoms with Crippen LogP contribution in [0.15, 0.2) is 18.3 Å². The maximum atomic E-state index is 13.1. The highest BCUT2D eigenvalue weighted by Crippen LogP contribution is 2.21. The molecule has 9 nitrogen and oxygen atoms in total. The summed E-state index contributed by atoms with van der Waals surface area (Å²) in [6.07, 6.45) is 10.3. The number of hydrogen-bond donors (Lipinski definition) is 0. The normalized spacial score (nSPS) is 11.1. The number of halogens is 2. The Balaban J connectivity index is 0. The molecule has 1 aromatic heterocycles. The van der Waals surface area contributed by atoms with E-state index >= 15 is 0 Å². The smallest absolute Gasteiger partial charge is 0.414 e. The van der Waals surface area contributed by atoms with Crippen LogP contribution in [0.2, 0.25) is 0 Å². The summed E-state index contributed by atoms with van der Waals surface area (Å²) in [5.74, 6) is -0.181. The van der Waals surface area contributed by atoms with Gasteiger partial charge in [-0.25, -0.2) is 14.6 Å². The van der Waals surface area contributed by atoms with Crippen LogP contribution < -0.4 is 38.7 Å². The Morgan fingerprint density at radius 2 is 1.37 bits per heavy atom. The van der Waals surface area contributed by atoms with Crippen LogP contribution in [0.1, 0.15) is 68.8 Å². The molecule has 0 N–H and O–H groups in total. The van der Waals surface area contributed by atoms with Gasteiger partial charge in [-0.05, 0) is 37.8 Å². The molecule has 0 fully saturated rings. The SMILES string of the molecule is CC(=O)OCC[N+](C)(C)CCCCCCCCCC[N+](C)(C)C(=O)c1ncccc1OC(=O)N(C)C.[Br-].[Br-]. The number of aromatic nitrogens is 1. The number of carbonyl (C=O) groups is 3. The summed E-state index contributed by atoms with van der Waals surface area (Å²) < 4.78 is 11.4. The van der Waals surface area contributed by atoms with Crippen molar-refractivity contribution in [3.05, 3.63) is 24.0 Å². The average Bonchev–Trinajstić information content (AvgIpc) is 2.79. The van der Waals surface area contributed by atoms with Crippen molar-refractivity contribution >= 4 is 18.0 Å². The number of unbranched alkanes of at least 4 members (excludes halogenated alkanes) is 7. The predicted octanol–water partition coefficient (Wildman–Crippen LogP) is -1.87. The lowest BCUT2D eigenvalue weighted by Crippen LogP contribution is -3.00. The second-order valence-electron chi connectivity index (χ2n) is 10.9. The van der Waals surface area contributed by atoms with Crippen molar-refractivity contribution in [3.8, 4) is 5.75 Å². The minimum Gasteiger partial charge on any atom is -1.00 e. The highest BCUT2D eigenvalue weighted by molar-refractivity contribution is 5.90. The van der Waals surface area contributed by atoms with Crippen LogP contribution >= 0.6 is 0 Å². The zero-order chi connectivity index (χ0) is 27.2. The van der Waals surface area contributed by atoms with Crippen LogP contribution in [-0.2, 0) is 9.53 Å². The molecule has 0 bridgehead atoms. The van der Waals surface area contributed by atoms with Crippen molar-refractivity contribution in [3.63, 3.8) is 0 Å². The molecule has 0 radical (unpaired) electrons. The van der Waals surface area contributed by atoms with Gasteiger partial charge in [0.15, 0.2) is 5.75 Å². The summed E-state index contributed by atoms with van der Waals surface area (Å²) >= 11 is 0. The Morgan fingerprint density at radius 3 is 1.89 bits per heavy atom. The van der Waals surface area contributed by atoms with Gasteiger partial charge in [0, 0.05) is 27.2 Å². The number of likely N-dealkylation sites (N-methyl/N-ethyl adjacent to an activating group) is 1. The number of carbonyl (C=O) groups excluding carboxylic acids is 3. The van der Waals surface area contributed by atoms with Gasteiger partial charge in [-0.2, -0.15) is 0 Å².